The molecule has 2 heterocycles. The van der Waals surface area contributed by atoms with E-state index in [0.29, 0.717) is 22.5 Å². The number of carbonyl (C=O) groups is 4. The van der Waals surface area contributed by atoms with E-state index in [1.54, 1.807) is 67.6 Å². The Labute approximate surface area is 240 Å². The number of nitrogens with one attached hydrogen (secondary N) is 1. The van der Waals surface area contributed by atoms with Crippen LogP contribution < -0.4 is 19.7 Å². The van der Waals surface area contributed by atoms with Gasteiger partial charge in [0.05, 0.1) is 41.8 Å². The first-order valence-corrected chi connectivity index (χ1v) is 12.9. The van der Waals surface area contributed by atoms with E-state index in [9.17, 15) is 24.4 Å². The van der Waals surface area contributed by atoms with Crippen molar-refractivity contribution in [3.8, 4) is 17.6 Å². The molecule has 0 unspecified atom stereocenters. The molecule has 1 aromatic heterocycles. The highest BCUT2D eigenvalue weighted by molar-refractivity contribution is 6.34. The zero-order chi connectivity index (χ0) is 29.6. The average Bonchev–Trinajstić information content (AvgIpc) is 3.62. The lowest BCUT2D eigenvalue weighted by Gasteiger charge is -2.15. The Morgan fingerprint density at radius 1 is 0.952 bits per heavy atom. The smallest absolute Gasteiger partial charge is 0.343 e. The molecule has 10 heteroatoms. The average molecular weight is 562 g/mol. The predicted octanol–water partition coefficient (Wildman–Crippen LogP) is 4.92. The molecule has 1 N–H and O–H groups in total. The molecular weight excluding hydrogens is 538 g/mol. The molecule has 0 spiro atoms. The number of carbonyl (C=O) groups excluding carboxylic acids is 4. The van der Waals surface area contributed by atoms with Gasteiger partial charge >= 0.3 is 5.97 Å². The molecule has 0 aliphatic carbocycles. The zero-order valence-corrected chi connectivity index (χ0v) is 22.3. The fourth-order valence-electron chi connectivity index (χ4n) is 4.31. The highest BCUT2D eigenvalue weighted by Gasteiger charge is 2.36. The molecule has 4 aromatic rings. The minimum Gasteiger partial charge on any atom is -0.490 e. The number of anilines is 1. The van der Waals surface area contributed by atoms with Crippen LogP contribution in [0.2, 0.25) is 0 Å². The third-order valence-corrected chi connectivity index (χ3v) is 6.28. The number of hydrogen-bond acceptors (Lipinski definition) is 8. The van der Waals surface area contributed by atoms with Gasteiger partial charge in [-0.1, -0.05) is 24.3 Å². The van der Waals surface area contributed by atoms with Gasteiger partial charge in [0.15, 0.2) is 11.5 Å². The molecular formula is C32H23N3O7. The van der Waals surface area contributed by atoms with Crippen LogP contribution >= 0.6 is 0 Å². The summed E-state index contributed by atoms with van der Waals surface area (Å²) in [7, 11) is 0. The lowest BCUT2D eigenvalue weighted by molar-refractivity contribution is -0.117. The summed E-state index contributed by atoms with van der Waals surface area (Å²) in [5.41, 5.74) is 1.25. The molecule has 0 atom stereocenters. The van der Waals surface area contributed by atoms with E-state index in [0.717, 1.165) is 4.90 Å². The quantitative estimate of drug-likeness (QED) is 0.0999. The standard InChI is InChI=1S/C32H23N3O7/c1-2-40-28-16-20(15-22(18-33)29(36)34-19-24-9-6-14-41-24)12-13-27(28)42-32(39)21-7-5-8-23(17-21)35-30(37)25-10-3-4-11-26(25)31(35)38/h3-17H,2,19H2,1H3,(H,34,36)/b22-15+. The van der Waals surface area contributed by atoms with Gasteiger partial charge in [0.1, 0.15) is 17.4 Å². The van der Waals surface area contributed by atoms with Crippen molar-refractivity contribution >= 4 is 35.5 Å². The Morgan fingerprint density at radius 3 is 2.38 bits per heavy atom. The van der Waals surface area contributed by atoms with Crippen LogP contribution in [-0.4, -0.2) is 30.3 Å². The van der Waals surface area contributed by atoms with Crippen LogP contribution in [0.5, 0.6) is 11.5 Å². The lowest BCUT2D eigenvalue weighted by Crippen LogP contribution is -2.29. The summed E-state index contributed by atoms with van der Waals surface area (Å²) in [6.07, 6.45) is 2.87. The van der Waals surface area contributed by atoms with Crippen LogP contribution in [0.1, 0.15) is 49.3 Å². The second-order valence-electron chi connectivity index (χ2n) is 9.00. The number of amides is 3. The summed E-state index contributed by atoms with van der Waals surface area (Å²) in [6, 6.07) is 22.4. The van der Waals surface area contributed by atoms with E-state index in [1.807, 2.05) is 6.07 Å². The first kappa shape index (κ1) is 27.6. The summed E-state index contributed by atoms with van der Waals surface area (Å²) in [4.78, 5) is 52.4. The van der Waals surface area contributed by atoms with Gasteiger partial charge in [-0.05, 0) is 73.2 Å². The van der Waals surface area contributed by atoms with Crippen molar-refractivity contribution in [3.05, 3.63) is 119 Å². The van der Waals surface area contributed by atoms with E-state index >= 15 is 0 Å². The normalized spacial score (nSPS) is 12.5. The number of ether oxygens (including phenoxy) is 2. The highest BCUT2D eigenvalue weighted by atomic mass is 16.6. The van der Waals surface area contributed by atoms with Gasteiger partial charge in [0.25, 0.3) is 17.7 Å². The van der Waals surface area contributed by atoms with Crippen molar-refractivity contribution in [2.75, 3.05) is 11.5 Å². The second-order valence-corrected chi connectivity index (χ2v) is 9.00. The molecule has 5 rings (SSSR count). The van der Waals surface area contributed by atoms with Crippen molar-refractivity contribution in [1.29, 1.82) is 5.26 Å². The Morgan fingerprint density at radius 2 is 1.71 bits per heavy atom. The van der Waals surface area contributed by atoms with Crippen molar-refractivity contribution in [2.45, 2.75) is 13.5 Å². The topological polar surface area (TPSA) is 139 Å². The highest BCUT2D eigenvalue weighted by Crippen LogP contribution is 2.32. The zero-order valence-electron chi connectivity index (χ0n) is 22.3. The predicted molar refractivity (Wildman–Crippen MR) is 151 cm³/mol. The SMILES string of the molecule is CCOc1cc(/C=C(\C#N)C(=O)NCc2ccco2)ccc1OC(=O)c1cccc(N2C(=O)c3ccccc3C2=O)c1. The van der Waals surface area contributed by atoms with Gasteiger partial charge in [-0.2, -0.15) is 5.26 Å². The molecule has 208 valence electrons. The first-order chi connectivity index (χ1) is 20.4. The molecule has 42 heavy (non-hydrogen) atoms. The Bertz CT molecular complexity index is 1730. The van der Waals surface area contributed by atoms with E-state index < -0.39 is 23.7 Å². The fourth-order valence-corrected chi connectivity index (χ4v) is 4.31. The first-order valence-electron chi connectivity index (χ1n) is 12.9. The van der Waals surface area contributed by atoms with Gasteiger partial charge in [-0.25, -0.2) is 9.69 Å². The van der Waals surface area contributed by atoms with Gasteiger partial charge < -0.3 is 19.2 Å². The van der Waals surface area contributed by atoms with Gasteiger partial charge in [0.2, 0.25) is 0 Å². The molecule has 0 radical (unpaired) electrons. The minimum absolute atomic E-state index is 0.103. The lowest BCUT2D eigenvalue weighted by atomic mass is 10.1. The van der Waals surface area contributed by atoms with E-state index in [2.05, 4.69) is 5.32 Å². The number of benzene rings is 3. The van der Waals surface area contributed by atoms with Gasteiger partial charge in [0, 0.05) is 0 Å². The third-order valence-electron chi connectivity index (χ3n) is 6.28. The number of esters is 1. The second kappa shape index (κ2) is 12.1. The van der Waals surface area contributed by atoms with Crippen molar-refractivity contribution in [1.82, 2.24) is 5.32 Å². The Hall–Kier alpha value is -5.95. The van der Waals surface area contributed by atoms with Crippen molar-refractivity contribution in [3.63, 3.8) is 0 Å². The largest absolute Gasteiger partial charge is 0.490 e. The minimum atomic E-state index is -0.743. The molecule has 3 amide bonds. The summed E-state index contributed by atoms with van der Waals surface area (Å²) in [5.74, 6) is -1.42. The summed E-state index contributed by atoms with van der Waals surface area (Å²) < 4.78 is 16.4. The summed E-state index contributed by atoms with van der Waals surface area (Å²) in [5, 5.41) is 12.1. The van der Waals surface area contributed by atoms with E-state index in [-0.39, 0.29) is 41.5 Å². The van der Waals surface area contributed by atoms with E-state index in [4.69, 9.17) is 13.9 Å². The number of hydrogen-bond donors (Lipinski definition) is 1. The monoisotopic (exact) mass is 561 g/mol. The number of rotatable bonds is 9. The fraction of sp³-hybridized carbons (Fsp3) is 0.0938. The number of furan rings is 1. The third kappa shape index (κ3) is 5.66. The van der Waals surface area contributed by atoms with Crippen LogP contribution in [0.3, 0.4) is 0 Å². The van der Waals surface area contributed by atoms with Gasteiger partial charge in [-0.3, -0.25) is 14.4 Å². The van der Waals surface area contributed by atoms with Crippen molar-refractivity contribution < 1.29 is 33.1 Å². The molecule has 0 saturated heterocycles. The van der Waals surface area contributed by atoms with Crippen LogP contribution in [0.25, 0.3) is 6.08 Å². The maximum Gasteiger partial charge on any atom is 0.343 e. The molecule has 0 fully saturated rings. The van der Waals surface area contributed by atoms with Crippen LogP contribution in [0, 0.1) is 11.3 Å². The van der Waals surface area contributed by atoms with Crippen LogP contribution in [0.4, 0.5) is 5.69 Å². The molecule has 1 aliphatic rings. The van der Waals surface area contributed by atoms with E-state index in [1.165, 1.54) is 30.5 Å². The maximum atomic E-state index is 13.1. The Balaban J connectivity index is 1.33. The number of nitrogens with zero attached hydrogens (tertiary/aromatic N) is 2. The summed E-state index contributed by atoms with van der Waals surface area (Å²) in [6.45, 7) is 2.13. The number of fused-ring (bicyclic) bond motifs is 1. The molecule has 0 saturated carbocycles. The van der Waals surface area contributed by atoms with Crippen LogP contribution in [0.15, 0.2) is 95.1 Å². The molecule has 1 aliphatic heterocycles. The molecule has 0 bridgehead atoms. The van der Waals surface area contributed by atoms with Crippen LogP contribution in [-0.2, 0) is 11.3 Å². The Kier molecular flexibility index (Phi) is 7.93. The number of nitriles is 1. The molecule has 10 nitrogen and oxygen atoms in total. The number of imide groups is 1. The summed E-state index contributed by atoms with van der Waals surface area (Å²) >= 11 is 0. The molecule has 3 aromatic carbocycles. The van der Waals surface area contributed by atoms with Gasteiger partial charge in [-0.15, -0.1) is 0 Å². The van der Waals surface area contributed by atoms with Crippen molar-refractivity contribution in [2.24, 2.45) is 0 Å². The maximum absolute atomic E-state index is 13.1.